The van der Waals surface area contributed by atoms with Gasteiger partial charge in [0.05, 0.1) is 11.4 Å². The molecule has 0 aliphatic rings. The molecule has 1 aromatic carbocycles. The average molecular weight is 314 g/mol. The summed E-state index contributed by atoms with van der Waals surface area (Å²) in [6.45, 7) is 1.95. The quantitative estimate of drug-likeness (QED) is 0.676. The van der Waals surface area contributed by atoms with E-state index >= 15 is 0 Å². The molecule has 3 aromatic rings. The SMILES string of the molecule is CN(C)CCCn1c(-c2cc(Cl)ncn2)[c]c2ccccc21. The summed E-state index contributed by atoms with van der Waals surface area (Å²) in [4.78, 5) is 10.5. The van der Waals surface area contributed by atoms with Crippen LogP contribution in [0.2, 0.25) is 5.15 Å². The highest BCUT2D eigenvalue weighted by Crippen LogP contribution is 2.27. The summed E-state index contributed by atoms with van der Waals surface area (Å²) in [5, 5.41) is 1.54. The number of fused-ring (bicyclic) bond motifs is 1. The monoisotopic (exact) mass is 313 g/mol. The molecule has 0 aliphatic carbocycles. The molecule has 0 spiro atoms. The molecule has 3 rings (SSSR count). The van der Waals surface area contributed by atoms with Crippen LogP contribution in [0.25, 0.3) is 22.3 Å². The lowest BCUT2D eigenvalue weighted by Crippen LogP contribution is -2.15. The van der Waals surface area contributed by atoms with Crippen molar-refractivity contribution in [3.8, 4) is 11.4 Å². The Labute approximate surface area is 135 Å². The second kappa shape index (κ2) is 6.46. The molecule has 22 heavy (non-hydrogen) atoms. The third-order valence-corrected chi connectivity index (χ3v) is 3.79. The number of rotatable bonds is 5. The van der Waals surface area contributed by atoms with Gasteiger partial charge in [0.15, 0.2) is 0 Å². The predicted octanol–water partition coefficient (Wildman–Crippen LogP) is 3.50. The topological polar surface area (TPSA) is 34.0 Å². The first kappa shape index (κ1) is 15.0. The van der Waals surface area contributed by atoms with Crippen molar-refractivity contribution in [3.63, 3.8) is 0 Å². The zero-order valence-electron chi connectivity index (χ0n) is 12.8. The molecule has 0 bridgehead atoms. The molecule has 0 aliphatic heterocycles. The highest BCUT2D eigenvalue weighted by molar-refractivity contribution is 6.29. The minimum atomic E-state index is 0.448. The molecule has 0 saturated heterocycles. The largest absolute Gasteiger partial charge is 0.339 e. The molecule has 0 atom stereocenters. The minimum absolute atomic E-state index is 0.448. The van der Waals surface area contributed by atoms with E-state index in [0.29, 0.717) is 5.15 Å². The lowest BCUT2D eigenvalue weighted by Gasteiger charge is -2.13. The van der Waals surface area contributed by atoms with Crippen LogP contribution in [0, 0.1) is 6.07 Å². The van der Waals surface area contributed by atoms with Crippen molar-refractivity contribution in [2.45, 2.75) is 13.0 Å². The Bertz CT molecular complexity index is 779. The maximum absolute atomic E-state index is 6.01. The van der Waals surface area contributed by atoms with Gasteiger partial charge in [-0.15, -0.1) is 0 Å². The number of benzene rings is 1. The fourth-order valence-electron chi connectivity index (χ4n) is 2.57. The number of para-hydroxylation sites is 1. The van der Waals surface area contributed by atoms with Gasteiger partial charge in [-0.05, 0) is 33.1 Å². The molecule has 1 radical (unpaired) electrons. The summed E-state index contributed by atoms with van der Waals surface area (Å²) in [6.07, 6.45) is 2.55. The zero-order chi connectivity index (χ0) is 15.5. The molecule has 2 aromatic heterocycles. The van der Waals surface area contributed by atoms with E-state index in [1.807, 2.05) is 6.07 Å². The van der Waals surface area contributed by atoms with Crippen LogP contribution >= 0.6 is 11.6 Å². The van der Waals surface area contributed by atoms with Crippen LogP contribution in [0.5, 0.6) is 0 Å². The lowest BCUT2D eigenvalue weighted by molar-refractivity contribution is 0.388. The number of hydrogen-bond donors (Lipinski definition) is 0. The Morgan fingerprint density at radius 3 is 2.82 bits per heavy atom. The molecule has 0 amide bonds. The van der Waals surface area contributed by atoms with E-state index in [9.17, 15) is 0 Å². The molecular weight excluding hydrogens is 296 g/mol. The Morgan fingerprint density at radius 2 is 2.05 bits per heavy atom. The average Bonchev–Trinajstić information content (AvgIpc) is 2.86. The van der Waals surface area contributed by atoms with Gasteiger partial charge in [0.2, 0.25) is 0 Å². The van der Waals surface area contributed by atoms with Crippen molar-refractivity contribution in [2.24, 2.45) is 0 Å². The van der Waals surface area contributed by atoms with Crippen LogP contribution < -0.4 is 0 Å². The molecule has 113 valence electrons. The van der Waals surface area contributed by atoms with Gasteiger partial charge in [0.1, 0.15) is 11.5 Å². The maximum atomic E-state index is 6.01. The highest BCUT2D eigenvalue weighted by Gasteiger charge is 2.12. The van der Waals surface area contributed by atoms with Gasteiger partial charge in [0.25, 0.3) is 0 Å². The number of halogens is 1. The summed E-state index contributed by atoms with van der Waals surface area (Å²) in [5.41, 5.74) is 2.94. The Hall–Kier alpha value is -1.91. The van der Waals surface area contributed by atoms with Crippen LogP contribution in [-0.2, 0) is 6.54 Å². The Kier molecular flexibility index (Phi) is 4.41. The summed E-state index contributed by atoms with van der Waals surface area (Å²) in [6, 6.07) is 13.5. The minimum Gasteiger partial charge on any atom is -0.339 e. The van der Waals surface area contributed by atoms with E-state index in [1.165, 1.54) is 11.8 Å². The van der Waals surface area contributed by atoms with Crippen molar-refractivity contribution in [2.75, 3.05) is 20.6 Å². The van der Waals surface area contributed by atoms with E-state index < -0.39 is 0 Å². The van der Waals surface area contributed by atoms with Crippen molar-refractivity contribution in [3.05, 3.63) is 47.9 Å². The van der Waals surface area contributed by atoms with Crippen molar-refractivity contribution in [1.82, 2.24) is 19.4 Å². The Morgan fingerprint density at radius 1 is 1.23 bits per heavy atom. The van der Waals surface area contributed by atoms with Crippen LogP contribution in [0.3, 0.4) is 0 Å². The number of hydrogen-bond acceptors (Lipinski definition) is 3. The lowest BCUT2D eigenvalue weighted by atomic mass is 10.2. The second-order valence-corrected chi connectivity index (χ2v) is 5.91. The normalized spacial score (nSPS) is 11.5. The van der Waals surface area contributed by atoms with Gasteiger partial charge in [0, 0.05) is 29.6 Å². The highest BCUT2D eigenvalue weighted by atomic mass is 35.5. The van der Waals surface area contributed by atoms with Crippen LogP contribution in [0.1, 0.15) is 6.42 Å². The summed E-state index contributed by atoms with van der Waals surface area (Å²) >= 11 is 6.01. The fraction of sp³-hybridized carbons (Fsp3) is 0.294. The van der Waals surface area contributed by atoms with E-state index in [-0.39, 0.29) is 0 Å². The molecule has 4 nitrogen and oxygen atoms in total. The van der Waals surface area contributed by atoms with Gasteiger partial charge in [-0.3, -0.25) is 0 Å². The zero-order valence-corrected chi connectivity index (χ0v) is 13.5. The van der Waals surface area contributed by atoms with Crippen LogP contribution in [0.4, 0.5) is 0 Å². The third-order valence-electron chi connectivity index (χ3n) is 3.58. The van der Waals surface area contributed by atoms with Gasteiger partial charge in [-0.25, -0.2) is 9.97 Å². The van der Waals surface area contributed by atoms with Gasteiger partial charge in [-0.1, -0.05) is 29.8 Å². The van der Waals surface area contributed by atoms with E-state index in [4.69, 9.17) is 11.6 Å². The predicted molar refractivity (Wildman–Crippen MR) is 90.0 cm³/mol. The van der Waals surface area contributed by atoms with E-state index in [2.05, 4.69) is 57.8 Å². The van der Waals surface area contributed by atoms with Crippen molar-refractivity contribution < 1.29 is 0 Å². The first-order chi connectivity index (χ1) is 10.6. The van der Waals surface area contributed by atoms with Crippen molar-refractivity contribution >= 4 is 22.5 Å². The molecular formula is C17H18ClN4. The number of aryl methyl sites for hydroxylation is 1. The number of aromatic nitrogens is 3. The van der Waals surface area contributed by atoms with Gasteiger partial charge < -0.3 is 9.47 Å². The van der Waals surface area contributed by atoms with E-state index in [0.717, 1.165) is 36.3 Å². The van der Waals surface area contributed by atoms with Crippen LogP contribution in [0.15, 0.2) is 36.7 Å². The summed E-state index contributed by atoms with van der Waals surface area (Å²) in [7, 11) is 4.18. The first-order valence-corrected chi connectivity index (χ1v) is 7.66. The molecule has 0 saturated carbocycles. The molecule has 5 heteroatoms. The van der Waals surface area contributed by atoms with Crippen molar-refractivity contribution in [1.29, 1.82) is 0 Å². The van der Waals surface area contributed by atoms with Crippen LogP contribution in [-0.4, -0.2) is 40.1 Å². The van der Waals surface area contributed by atoms with E-state index in [1.54, 1.807) is 6.07 Å². The smallest absolute Gasteiger partial charge is 0.133 e. The first-order valence-electron chi connectivity index (χ1n) is 7.28. The molecule has 0 unspecified atom stereocenters. The maximum Gasteiger partial charge on any atom is 0.133 e. The van der Waals surface area contributed by atoms with Gasteiger partial charge >= 0.3 is 0 Å². The second-order valence-electron chi connectivity index (χ2n) is 5.53. The standard InChI is InChI=1S/C17H18ClN4/c1-21(2)8-5-9-22-15-7-4-3-6-13(15)10-16(22)14-11-17(18)20-12-19-14/h3-4,6-7,11-12H,5,8-9H2,1-2H3. The summed E-state index contributed by atoms with van der Waals surface area (Å²) < 4.78 is 2.26. The Balaban J connectivity index is 2.04. The van der Waals surface area contributed by atoms with Gasteiger partial charge in [-0.2, -0.15) is 0 Å². The molecule has 0 fully saturated rings. The third kappa shape index (κ3) is 3.13. The summed E-state index contributed by atoms with van der Waals surface area (Å²) in [5.74, 6) is 0. The molecule has 2 heterocycles. The number of nitrogens with zero attached hydrogens (tertiary/aromatic N) is 4. The molecule has 0 N–H and O–H groups in total. The fourth-order valence-corrected chi connectivity index (χ4v) is 2.72.